The van der Waals surface area contributed by atoms with Crippen LogP contribution in [0.25, 0.3) is 45.0 Å². The molecule has 0 atom stereocenters. The monoisotopic (exact) mass is 491 g/mol. The van der Waals surface area contributed by atoms with Gasteiger partial charge < -0.3 is 0 Å². The largest absolute Gasteiger partial charge is 0.226 e. The Morgan fingerprint density at radius 1 is 0.514 bits per heavy atom. The third-order valence-corrected chi connectivity index (χ3v) is 8.25. The standard InChI is InChI=1S/C30H26ClN3Si/c1-35(2,3)25-16-10-15-23(19-25)28-32-29(34-30(31)33-28)24-17-18-26(21-11-6-4-7-12-21)27(20-24)22-13-8-5-9-14-22/h4-20H,1-3H3. The van der Waals surface area contributed by atoms with Gasteiger partial charge in [-0.05, 0) is 39.9 Å². The normalized spacial score (nSPS) is 11.4. The summed E-state index contributed by atoms with van der Waals surface area (Å²) in [5.41, 5.74) is 6.43. The van der Waals surface area contributed by atoms with Crippen LogP contribution in [-0.4, -0.2) is 23.0 Å². The van der Waals surface area contributed by atoms with Gasteiger partial charge in [0.2, 0.25) is 5.28 Å². The fourth-order valence-electron chi connectivity index (χ4n) is 4.14. The van der Waals surface area contributed by atoms with Gasteiger partial charge in [-0.3, -0.25) is 0 Å². The van der Waals surface area contributed by atoms with Gasteiger partial charge in [-0.15, -0.1) is 0 Å². The van der Waals surface area contributed by atoms with Crippen molar-refractivity contribution in [1.29, 1.82) is 0 Å². The highest BCUT2D eigenvalue weighted by Gasteiger charge is 2.18. The summed E-state index contributed by atoms with van der Waals surface area (Å²) in [5.74, 6) is 1.16. The number of aromatic nitrogens is 3. The second-order valence-electron chi connectivity index (χ2n) is 9.57. The van der Waals surface area contributed by atoms with Gasteiger partial charge in [-0.2, -0.15) is 9.97 Å². The predicted molar refractivity (Wildman–Crippen MR) is 150 cm³/mol. The Kier molecular flexibility index (Phi) is 6.33. The molecule has 0 amide bonds. The molecule has 0 saturated carbocycles. The van der Waals surface area contributed by atoms with Crippen molar-refractivity contribution in [3.8, 4) is 45.0 Å². The van der Waals surface area contributed by atoms with Gasteiger partial charge in [-0.1, -0.05) is 122 Å². The van der Waals surface area contributed by atoms with E-state index in [9.17, 15) is 0 Å². The molecule has 5 aromatic rings. The Hall–Kier alpha value is -3.60. The molecule has 172 valence electrons. The Balaban J connectivity index is 1.64. The molecule has 0 spiro atoms. The first kappa shape index (κ1) is 23.2. The molecule has 0 radical (unpaired) electrons. The molecule has 1 aromatic heterocycles. The molecule has 0 saturated heterocycles. The van der Waals surface area contributed by atoms with Gasteiger partial charge in [0, 0.05) is 11.1 Å². The van der Waals surface area contributed by atoms with Crippen LogP contribution in [0.3, 0.4) is 0 Å². The van der Waals surface area contributed by atoms with Crippen LogP contribution >= 0.6 is 11.6 Å². The number of rotatable bonds is 5. The summed E-state index contributed by atoms with van der Waals surface area (Å²) in [6.45, 7) is 6.99. The van der Waals surface area contributed by atoms with Crippen molar-refractivity contribution in [3.05, 3.63) is 108 Å². The van der Waals surface area contributed by atoms with E-state index in [0.29, 0.717) is 11.6 Å². The van der Waals surface area contributed by atoms with Crippen LogP contribution in [0.4, 0.5) is 0 Å². The average molecular weight is 492 g/mol. The van der Waals surface area contributed by atoms with Crippen molar-refractivity contribution in [1.82, 2.24) is 15.0 Å². The maximum absolute atomic E-state index is 6.41. The summed E-state index contributed by atoms with van der Waals surface area (Å²) in [6, 6.07) is 35.6. The number of benzene rings is 4. The highest BCUT2D eigenvalue weighted by Crippen LogP contribution is 2.35. The summed E-state index contributed by atoms with van der Waals surface area (Å²) in [6.07, 6.45) is 0. The topological polar surface area (TPSA) is 38.7 Å². The minimum absolute atomic E-state index is 0.191. The first-order valence-corrected chi connectivity index (χ1v) is 15.5. The molecular formula is C30H26ClN3Si. The average Bonchev–Trinajstić information content (AvgIpc) is 2.88. The van der Waals surface area contributed by atoms with Crippen LogP contribution in [0, 0.1) is 0 Å². The first-order chi connectivity index (χ1) is 16.9. The fraction of sp³-hybridized carbons (Fsp3) is 0.100. The Morgan fingerprint density at radius 3 is 1.66 bits per heavy atom. The lowest BCUT2D eigenvalue weighted by atomic mass is 9.92. The zero-order valence-corrected chi connectivity index (χ0v) is 21.8. The van der Waals surface area contributed by atoms with E-state index in [4.69, 9.17) is 16.6 Å². The number of hydrogen-bond acceptors (Lipinski definition) is 3. The maximum Gasteiger partial charge on any atom is 0.226 e. The van der Waals surface area contributed by atoms with Crippen molar-refractivity contribution in [3.63, 3.8) is 0 Å². The zero-order valence-electron chi connectivity index (χ0n) is 20.0. The van der Waals surface area contributed by atoms with E-state index in [0.717, 1.165) is 33.4 Å². The van der Waals surface area contributed by atoms with Gasteiger partial charge in [-0.25, -0.2) is 4.98 Å². The van der Waals surface area contributed by atoms with E-state index in [1.165, 1.54) is 5.19 Å². The van der Waals surface area contributed by atoms with Crippen LogP contribution in [0.1, 0.15) is 0 Å². The zero-order chi connectivity index (χ0) is 24.4. The van der Waals surface area contributed by atoms with Crippen molar-refractivity contribution >= 4 is 24.9 Å². The van der Waals surface area contributed by atoms with Crippen molar-refractivity contribution in [2.24, 2.45) is 0 Å². The summed E-state index contributed by atoms with van der Waals surface area (Å²) in [5, 5.41) is 1.54. The van der Waals surface area contributed by atoms with Crippen molar-refractivity contribution in [2.45, 2.75) is 19.6 Å². The molecule has 5 rings (SSSR count). The third kappa shape index (κ3) is 5.09. The van der Waals surface area contributed by atoms with Crippen molar-refractivity contribution in [2.75, 3.05) is 0 Å². The molecule has 0 fully saturated rings. The minimum Gasteiger partial charge on any atom is -0.208 e. The maximum atomic E-state index is 6.41. The third-order valence-electron chi connectivity index (χ3n) is 6.04. The smallest absolute Gasteiger partial charge is 0.208 e. The Morgan fingerprint density at radius 2 is 1.06 bits per heavy atom. The lowest BCUT2D eigenvalue weighted by Crippen LogP contribution is -2.37. The van der Waals surface area contributed by atoms with E-state index >= 15 is 0 Å². The predicted octanol–water partition coefficient (Wildman–Crippen LogP) is 7.74. The SMILES string of the molecule is C[Si](C)(C)c1cccc(-c2nc(Cl)nc(-c3ccc(-c4ccccc4)c(-c4ccccc4)c3)n2)c1. The quantitative estimate of drug-likeness (QED) is 0.236. The molecule has 0 unspecified atom stereocenters. The highest BCUT2D eigenvalue weighted by molar-refractivity contribution is 6.88. The summed E-state index contributed by atoms with van der Waals surface area (Å²) in [7, 11) is -1.48. The molecule has 5 heteroatoms. The van der Waals surface area contributed by atoms with Crippen LogP contribution in [0.15, 0.2) is 103 Å². The van der Waals surface area contributed by atoms with Crippen LogP contribution in [-0.2, 0) is 0 Å². The van der Waals surface area contributed by atoms with E-state index in [2.05, 4.69) is 115 Å². The highest BCUT2D eigenvalue weighted by atomic mass is 35.5. The Labute approximate surface area is 212 Å². The van der Waals surface area contributed by atoms with Gasteiger partial charge in [0.05, 0.1) is 8.07 Å². The van der Waals surface area contributed by atoms with Crippen LogP contribution in [0.5, 0.6) is 0 Å². The molecule has 0 aliphatic heterocycles. The van der Waals surface area contributed by atoms with Crippen LogP contribution < -0.4 is 5.19 Å². The van der Waals surface area contributed by atoms with Crippen molar-refractivity contribution < 1.29 is 0 Å². The van der Waals surface area contributed by atoms with E-state index < -0.39 is 8.07 Å². The van der Waals surface area contributed by atoms with Gasteiger partial charge in [0.25, 0.3) is 0 Å². The lowest BCUT2D eigenvalue weighted by Gasteiger charge is -2.17. The first-order valence-electron chi connectivity index (χ1n) is 11.7. The van der Waals surface area contributed by atoms with Gasteiger partial charge in [0.1, 0.15) is 0 Å². The van der Waals surface area contributed by atoms with Gasteiger partial charge in [0.15, 0.2) is 11.6 Å². The minimum atomic E-state index is -1.48. The molecule has 0 N–H and O–H groups in total. The molecule has 1 heterocycles. The summed E-state index contributed by atoms with van der Waals surface area (Å²) in [4.78, 5) is 13.8. The van der Waals surface area contributed by atoms with E-state index in [1.807, 2.05) is 18.2 Å². The summed E-state index contributed by atoms with van der Waals surface area (Å²) >= 11 is 6.41. The van der Waals surface area contributed by atoms with Gasteiger partial charge >= 0.3 is 0 Å². The number of nitrogens with zero attached hydrogens (tertiary/aromatic N) is 3. The van der Waals surface area contributed by atoms with E-state index in [1.54, 1.807) is 0 Å². The van der Waals surface area contributed by atoms with E-state index in [-0.39, 0.29) is 5.28 Å². The number of hydrogen-bond donors (Lipinski definition) is 0. The molecular weight excluding hydrogens is 466 g/mol. The number of halogens is 1. The molecule has 4 aromatic carbocycles. The molecule has 0 aliphatic carbocycles. The Bertz CT molecular complexity index is 1480. The second kappa shape index (κ2) is 9.57. The van der Waals surface area contributed by atoms with Crippen LogP contribution in [0.2, 0.25) is 24.9 Å². The lowest BCUT2D eigenvalue weighted by molar-refractivity contribution is 1.07. The fourth-order valence-corrected chi connectivity index (χ4v) is 5.49. The molecule has 35 heavy (non-hydrogen) atoms. The second-order valence-corrected chi connectivity index (χ2v) is 15.0. The molecule has 0 aliphatic rings. The molecule has 0 bridgehead atoms. The summed E-state index contributed by atoms with van der Waals surface area (Å²) < 4.78 is 0. The molecule has 3 nitrogen and oxygen atoms in total.